The summed E-state index contributed by atoms with van der Waals surface area (Å²) in [4.78, 5) is 0. The van der Waals surface area contributed by atoms with Crippen LogP contribution in [0, 0.1) is 22.7 Å². The highest BCUT2D eigenvalue weighted by atomic mass is 32.1. The van der Waals surface area contributed by atoms with Crippen LogP contribution in [0.5, 0.6) is 0 Å². The Kier molecular flexibility index (Phi) is 5.66. The van der Waals surface area contributed by atoms with Crippen LogP contribution in [-0.4, -0.2) is 0 Å². The monoisotopic (exact) mass is 568 g/mol. The summed E-state index contributed by atoms with van der Waals surface area (Å²) in [5.74, 6) is 0. The zero-order chi connectivity index (χ0) is 28.2. The van der Waals surface area contributed by atoms with Gasteiger partial charge in [-0.3, -0.25) is 0 Å². The Hall–Kier alpha value is -5.26. The molecule has 0 atom stereocenters. The van der Waals surface area contributed by atoms with Gasteiger partial charge >= 0.3 is 0 Å². The highest BCUT2D eigenvalue weighted by Crippen LogP contribution is 2.48. The van der Waals surface area contributed by atoms with Gasteiger partial charge in [-0.15, -0.1) is 22.7 Å². The van der Waals surface area contributed by atoms with Gasteiger partial charge in [0.25, 0.3) is 0 Å². The molecule has 8 aromatic rings. The average molecular weight is 569 g/mol. The summed E-state index contributed by atoms with van der Waals surface area (Å²) in [6.45, 7) is 0. The molecule has 0 fully saturated rings. The largest absolute Gasteiger partial charge is 0.192 e. The van der Waals surface area contributed by atoms with E-state index in [4.69, 9.17) is 0 Å². The third kappa shape index (κ3) is 3.60. The standard InChI is InChI=1S/C38H20N2S2/c39-21-30-28(24-14-8-18-34-37(24)26-12-4-6-16-32(26)41-34)20-29(31(22-40)36(30)23-10-2-1-3-11-23)25-15-9-19-35-38(25)27-13-5-7-17-33(27)42-35/h1-20H. The molecule has 194 valence electrons. The van der Waals surface area contributed by atoms with Crippen LogP contribution >= 0.6 is 22.7 Å². The number of thiophene rings is 2. The van der Waals surface area contributed by atoms with Crippen LogP contribution in [0.3, 0.4) is 0 Å². The fraction of sp³-hybridized carbons (Fsp3) is 0. The number of nitriles is 2. The Morgan fingerprint density at radius 2 is 0.881 bits per heavy atom. The molecule has 0 aliphatic heterocycles. The highest BCUT2D eigenvalue weighted by Gasteiger charge is 2.24. The molecule has 4 heteroatoms. The Labute approximate surface area is 250 Å². The molecule has 0 amide bonds. The summed E-state index contributed by atoms with van der Waals surface area (Å²) >= 11 is 3.53. The minimum Gasteiger partial charge on any atom is -0.192 e. The lowest BCUT2D eigenvalue weighted by atomic mass is 9.82. The predicted molar refractivity (Wildman–Crippen MR) is 178 cm³/mol. The number of hydrogen-bond acceptors (Lipinski definition) is 4. The molecule has 0 unspecified atom stereocenters. The van der Waals surface area contributed by atoms with E-state index in [1.54, 1.807) is 22.7 Å². The van der Waals surface area contributed by atoms with Gasteiger partial charge in [-0.1, -0.05) is 91.0 Å². The van der Waals surface area contributed by atoms with Gasteiger partial charge in [0.1, 0.15) is 12.1 Å². The zero-order valence-corrected chi connectivity index (χ0v) is 23.9. The molecule has 0 N–H and O–H groups in total. The van der Waals surface area contributed by atoms with E-state index in [-0.39, 0.29) is 0 Å². The fourth-order valence-corrected chi connectivity index (χ4v) is 8.50. The van der Waals surface area contributed by atoms with Crippen molar-refractivity contribution in [1.29, 1.82) is 10.5 Å². The second-order valence-corrected chi connectivity index (χ2v) is 12.4. The maximum absolute atomic E-state index is 10.8. The molecule has 0 bridgehead atoms. The van der Waals surface area contributed by atoms with E-state index >= 15 is 0 Å². The number of hydrogen-bond donors (Lipinski definition) is 0. The summed E-state index contributed by atoms with van der Waals surface area (Å²) < 4.78 is 4.78. The van der Waals surface area contributed by atoms with Crippen molar-refractivity contribution in [2.75, 3.05) is 0 Å². The van der Waals surface area contributed by atoms with Crippen LogP contribution in [0.2, 0.25) is 0 Å². The van der Waals surface area contributed by atoms with E-state index in [2.05, 4.69) is 103 Å². The Morgan fingerprint density at radius 1 is 0.429 bits per heavy atom. The van der Waals surface area contributed by atoms with E-state index < -0.39 is 0 Å². The Bertz CT molecular complexity index is 2280. The van der Waals surface area contributed by atoms with Crippen molar-refractivity contribution in [3.8, 4) is 45.5 Å². The normalized spacial score (nSPS) is 11.3. The summed E-state index contributed by atoms with van der Waals surface area (Å²) in [5.41, 5.74) is 6.28. The molecule has 0 radical (unpaired) electrons. The van der Waals surface area contributed by atoms with Gasteiger partial charge in [0.15, 0.2) is 0 Å². The first-order chi connectivity index (χ1) is 20.8. The van der Waals surface area contributed by atoms with Crippen LogP contribution in [-0.2, 0) is 0 Å². The quantitative estimate of drug-likeness (QED) is 0.213. The minimum absolute atomic E-state index is 0.520. The van der Waals surface area contributed by atoms with Crippen molar-refractivity contribution in [2.45, 2.75) is 0 Å². The lowest BCUT2D eigenvalue weighted by Crippen LogP contribution is -1.98. The average Bonchev–Trinajstić information content (AvgIpc) is 3.62. The first-order valence-electron chi connectivity index (χ1n) is 13.6. The zero-order valence-electron chi connectivity index (χ0n) is 22.3. The van der Waals surface area contributed by atoms with Crippen LogP contribution in [0.1, 0.15) is 11.1 Å². The topological polar surface area (TPSA) is 47.6 Å². The molecule has 0 spiro atoms. The molecular weight excluding hydrogens is 549 g/mol. The van der Waals surface area contributed by atoms with Crippen molar-refractivity contribution in [3.05, 3.63) is 132 Å². The molecule has 2 aromatic heterocycles. The van der Waals surface area contributed by atoms with Crippen LogP contribution in [0.15, 0.2) is 121 Å². The summed E-state index contributed by atoms with van der Waals surface area (Å²) in [6, 6.07) is 46.6. The number of rotatable bonds is 3. The SMILES string of the molecule is N#Cc1c(-c2cccc3sc4ccccc4c23)cc(-c2cccc3sc4ccccc4c23)c(C#N)c1-c1ccccc1. The molecule has 42 heavy (non-hydrogen) atoms. The molecule has 0 aliphatic rings. The van der Waals surface area contributed by atoms with Gasteiger partial charge in [-0.25, -0.2) is 0 Å². The smallest absolute Gasteiger partial charge is 0.100 e. The third-order valence-electron chi connectivity index (χ3n) is 8.00. The van der Waals surface area contributed by atoms with E-state index in [1.165, 1.54) is 29.6 Å². The maximum atomic E-state index is 10.8. The molecule has 2 nitrogen and oxygen atoms in total. The van der Waals surface area contributed by atoms with Crippen molar-refractivity contribution in [3.63, 3.8) is 0 Å². The third-order valence-corrected chi connectivity index (χ3v) is 10.3. The molecular formula is C38H20N2S2. The Balaban J connectivity index is 1.57. The Morgan fingerprint density at radius 3 is 1.38 bits per heavy atom. The van der Waals surface area contributed by atoms with Gasteiger partial charge < -0.3 is 0 Å². The lowest BCUT2D eigenvalue weighted by molar-refractivity contribution is 1.44. The summed E-state index contributed by atoms with van der Waals surface area (Å²) in [7, 11) is 0. The lowest BCUT2D eigenvalue weighted by Gasteiger charge is -2.18. The molecule has 0 saturated carbocycles. The van der Waals surface area contributed by atoms with Crippen molar-refractivity contribution in [1.82, 2.24) is 0 Å². The molecule has 8 rings (SSSR count). The van der Waals surface area contributed by atoms with Gasteiger partial charge in [0, 0.05) is 57.0 Å². The van der Waals surface area contributed by atoms with E-state index in [0.717, 1.165) is 38.6 Å². The van der Waals surface area contributed by atoms with Gasteiger partial charge in [0.05, 0.1) is 11.1 Å². The second kappa shape index (κ2) is 9.68. The molecule has 0 aliphatic carbocycles. The van der Waals surface area contributed by atoms with Gasteiger partial charge in [0.2, 0.25) is 0 Å². The van der Waals surface area contributed by atoms with E-state index in [0.29, 0.717) is 16.7 Å². The van der Waals surface area contributed by atoms with Gasteiger partial charge in [-0.05, 0) is 47.0 Å². The number of nitrogens with zero attached hydrogens (tertiary/aromatic N) is 2. The molecule has 2 heterocycles. The highest BCUT2D eigenvalue weighted by molar-refractivity contribution is 7.26. The van der Waals surface area contributed by atoms with Crippen molar-refractivity contribution in [2.24, 2.45) is 0 Å². The maximum Gasteiger partial charge on any atom is 0.100 e. The first kappa shape index (κ1) is 24.5. The molecule has 6 aromatic carbocycles. The van der Waals surface area contributed by atoms with Crippen molar-refractivity contribution >= 4 is 63.0 Å². The minimum atomic E-state index is 0.520. The fourth-order valence-electron chi connectivity index (χ4n) is 6.23. The number of benzene rings is 6. The summed E-state index contributed by atoms with van der Waals surface area (Å²) in [6.07, 6.45) is 0. The van der Waals surface area contributed by atoms with Crippen molar-refractivity contribution < 1.29 is 0 Å². The van der Waals surface area contributed by atoms with Crippen LogP contribution in [0.25, 0.3) is 73.7 Å². The van der Waals surface area contributed by atoms with E-state index in [1.807, 2.05) is 30.3 Å². The number of fused-ring (bicyclic) bond motifs is 6. The van der Waals surface area contributed by atoms with Crippen LogP contribution < -0.4 is 0 Å². The summed E-state index contributed by atoms with van der Waals surface area (Å²) in [5, 5.41) is 26.2. The second-order valence-electron chi connectivity index (χ2n) is 10.2. The van der Waals surface area contributed by atoms with Crippen LogP contribution in [0.4, 0.5) is 0 Å². The predicted octanol–water partition coefficient (Wildman–Crippen LogP) is 11.2. The van der Waals surface area contributed by atoms with Gasteiger partial charge in [-0.2, -0.15) is 10.5 Å². The molecule has 0 saturated heterocycles. The first-order valence-corrected chi connectivity index (χ1v) is 15.3. The van der Waals surface area contributed by atoms with E-state index in [9.17, 15) is 10.5 Å².